The van der Waals surface area contributed by atoms with Gasteiger partial charge in [-0.2, -0.15) is 4.31 Å². The lowest BCUT2D eigenvalue weighted by molar-refractivity contribution is -0.139. The molecular formula is C24H35N3O5S. The van der Waals surface area contributed by atoms with E-state index in [1.165, 1.54) is 30.0 Å². The summed E-state index contributed by atoms with van der Waals surface area (Å²) < 4.78 is 39.3. The van der Waals surface area contributed by atoms with Crippen LogP contribution in [0.25, 0.3) is 0 Å². The summed E-state index contributed by atoms with van der Waals surface area (Å²) in [6.07, 6.45) is 8.04. The van der Waals surface area contributed by atoms with E-state index in [9.17, 15) is 13.2 Å². The van der Waals surface area contributed by atoms with Gasteiger partial charge in [0.25, 0.3) is 0 Å². The summed E-state index contributed by atoms with van der Waals surface area (Å²) in [5, 5.41) is 0. The van der Waals surface area contributed by atoms with E-state index in [1.807, 2.05) is 0 Å². The highest BCUT2D eigenvalue weighted by molar-refractivity contribution is 7.89. The SMILES string of the molecule is O=C(CN1CCN(S(=O)(=O)c2ccc3c(c2)OCCCO3)CC1)N1CCC[C@H]2CCCC[C@H]21. The van der Waals surface area contributed by atoms with Gasteiger partial charge in [0.1, 0.15) is 0 Å². The van der Waals surface area contributed by atoms with E-state index in [0.29, 0.717) is 69.4 Å². The van der Waals surface area contributed by atoms with Crippen LogP contribution in [-0.4, -0.2) is 87.0 Å². The number of sulfonamides is 1. The lowest BCUT2D eigenvalue weighted by atomic mass is 9.78. The van der Waals surface area contributed by atoms with E-state index < -0.39 is 10.0 Å². The maximum Gasteiger partial charge on any atom is 0.243 e. The quantitative estimate of drug-likeness (QED) is 0.662. The van der Waals surface area contributed by atoms with E-state index in [0.717, 1.165) is 25.8 Å². The average Bonchev–Trinajstić information content (AvgIpc) is 3.09. The van der Waals surface area contributed by atoms with Gasteiger partial charge >= 0.3 is 0 Å². The number of nitrogens with zero attached hydrogens (tertiary/aromatic N) is 3. The molecule has 0 unspecified atom stereocenters. The van der Waals surface area contributed by atoms with Crippen LogP contribution in [-0.2, 0) is 14.8 Å². The Labute approximate surface area is 196 Å². The summed E-state index contributed by atoms with van der Waals surface area (Å²) in [5.74, 6) is 1.97. The van der Waals surface area contributed by atoms with Crippen molar-refractivity contribution in [3.63, 3.8) is 0 Å². The molecule has 8 nitrogen and oxygen atoms in total. The van der Waals surface area contributed by atoms with Gasteiger partial charge in [-0.3, -0.25) is 9.69 Å². The van der Waals surface area contributed by atoms with Crippen molar-refractivity contribution in [3.05, 3.63) is 18.2 Å². The number of amides is 1. The summed E-state index contributed by atoms with van der Waals surface area (Å²) in [6.45, 7) is 4.25. The molecule has 1 aliphatic carbocycles. The summed E-state index contributed by atoms with van der Waals surface area (Å²) in [5.41, 5.74) is 0. The topological polar surface area (TPSA) is 79.4 Å². The first-order valence-corrected chi connectivity index (χ1v) is 13.9. The van der Waals surface area contributed by atoms with E-state index in [4.69, 9.17) is 9.47 Å². The highest BCUT2D eigenvalue weighted by Gasteiger charge is 2.37. The first-order chi connectivity index (χ1) is 16.0. The Hall–Kier alpha value is -1.84. The van der Waals surface area contributed by atoms with Crippen LogP contribution in [0.15, 0.2) is 23.1 Å². The van der Waals surface area contributed by atoms with Crippen molar-refractivity contribution in [2.45, 2.75) is 55.9 Å². The minimum atomic E-state index is -3.62. The molecule has 1 aromatic rings. The van der Waals surface area contributed by atoms with Crippen LogP contribution in [0.1, 0.15) is 44.9 Å². The highest BCUT2D eigenvalue weighted by atomic mass is 32.2. The standard InChI is InChI=1S/C24H35N3O5S/c28-24(27-10-3-6-19-5-1-2-7-21(19)27)18-25-11-13-26(14-12-25)33(29,30)20-8-9-22-23(17-20)32-16-4-15-31-22/h8-9,17,19,21H,1-7,10-16,18H2/t19-,21-/m1/s1. The number of piperidine rings is 1. The fourth-order valence-corrected chi connectivity index (χ4v) is 7.24. The molecule has 33 heavy (non-hydrogen) atoms. The molecule has 0 spiro atoms. The Balaban J connectivity index is 1.18. The zero-order valence-electron chi connectivity index (χ0n) is 19.3. The molecule has 182 valence electrons. The molecule has 0 bridgehead atoms. The molecule has 2 saturated heterocycles. The molecule has 0 radical (unpaired) electrons. The monoisotopic (exact) mass is 477 g/mol. The second kappa shape index (κ2) is 9.80. The fraction of sp³-hybridized carbons (Fsp3) is 0.708. The van der Waals surface area contributed by atoms with Crippen molar-refractivity contribution in [3.8, 4) is 11.5 Å². The lowest BCUT2D eigenvalue weighted by Crippen LogP contribution is -2.55. The van der Waals surface area contributed by atoms with Crippen molar-refractivity contribution in [2.75, 3.05) is 52.5 Å². The van der Waals surface area contributed by atoms with Gasteiger partial charge in [0.05, 0.1) is 24.7 Å². The van der Waals surface area contributed by atoms with Crippen molar-refractivity contribution in [1.82, 2.24) is 14.1 Å². The summed E-state index contributed by atoms with van der Waals surface area (Å²) >= 11 is 0. The number of rotatable bonds is 4. The number of carbonyl (C=O) groups excluding carboxylic acids is 1. The highest BCUT2D eigenvalue weighted by Crippen LogP contribution is 2.36. The third kappa shape index (κ3) is 4.86. The van der Waals surface area contributed by atoms with Crippen LogP contribution < -0.4 is 9.47 Å². The molecule has 1 aromatic carbocycles. The van der Waals surface area contributed by atoms with Crippen LogP contribution in [0.3, 0.4) is 0 Å². The maximum atomic E-state index is 13.2. The smallest absolute Gasteiger partial charge is 0.243 e. The van der Waals surface area contributed by atoms with Crippen LogP contribution >= 0.6 is 0 Å². The average molecular weight is 478 g/mol. The van der Waals surface area contributed by atoms with E-state index in [-0.39, 0.29) is 10.8 Å². The number of fused-ring (bicyclic) bond motifs is 2. The lowest BCUT2D eigenvalue weighted by Gasteiger charge is -2.45. The number of ether oxygens (including phenoxy) is 2. The molecule has 0 aromatic heterocycles. The minimum Gasteiger partial charge on any atom is -0.490 e. The van der Waals surface area contributed by atoms with Crippen LogP contribution in [0.2, 0.25) is 0 Å². The number of piperazine rings is 1. The third-order valence-corrected chi connectivity index (χ3v) is 9.51. The molecule has 1 amide bonds. The number of hydrogen-bond acceptors (Lipinski definition) is 6. The molecule has 0 N–H and O–H groups in total. The number of hydrogen-bond donors (Lipinski definition) is 0. The van der Waals surface area contributed by atoms with Gasteiger partial charge in [-0.1, -0.05) is 12.8 Å². The molecule has 9 heteroatoms. The van der Waals surface area contributed by atoms with E-state index >= 15 is 0 Å². The minimum absolute atomic E-state index is 0.214. The maximum absolute atomic E-state index is 13.2. The Morgan fingerprint density at radius 3 is 2.42 bits per heavy atom. The molecule has 3 heterocycles. The third-order valence-electron chi connectivity index (χ3n) is 7.61. The largest absolute Gasteiger partial charge is 0.490 e. The van der Waals surface area contributed by atoms with Gasteiger partial charge in [0.15, 0.2) is 11.5 Å². The fourth-order valence-electron chi connectivity index (χ4n) is 5.80. The van der Waals surface area contributed by atoms with Crippen molar-refractivity contribution in [1.29, 1.82) is 0 Å². The van der Waals surface area contributed by atoms with Crippen molar-refractivity contribution in [2.24, 2.45) is 5.92 Å². The molecule has 2 atom stereocenters. The molecule has 3 aliphatic heterocycles. The normalized spacial score (nSPS) is 27.0. The molecule has 3 fully saturated rings. The summed E-state index contributed by atoms with van der Waals surface area (Å²) in [4.78, 5) is 17.6. The van der Waals surface area contributed by atoms with Crippen LogP contribution in [0, 0.1) is 5.92 Å². The first-order valence-electron chi connectivity index (χ1n) is 12.4. The van der Waals surface area contributed by atoms with Crippen LogP contribution in [0.4, 0.5) is 0 Å². The Bertz CT molecular complexity index is 959. The zero-order chi connectivity index (χ0) is 22.8. The van der Waals surface area contributed by atoms with Crippen LogP contribution in [0.5, 0.6) is 11.5 Å². The van der Waals surface area contributed by atoms with Gasteiger partial charge < -0.3 is 14.4 Å². The van der Waals surface area contributed by atoms with Gasteiger partial charge in [-0.25, -0.2) is 8.42 Å². The number of likely N-dealkylation sites (tertiary alicyclic amines) is 1. The molecular weight excluding hydrogens is 442 g/mol. The number of carbonyl (C=O) groups is 1. The van der Waals surface area contributed by atoms with E-state index in [2.05, 4.69) is 9.80 Å². The second-order valence-corrected chi connectivity index (χ2v) is 11.6. The molecule has 4 aliphatic rings. The Morgan fingerprint density at radius 1 is 0.879 bits per heavy atom. The van der Waals surface area contributed by atoms with Crippen molar-refractivity contribution < 1.29 is 22.7 Å². The predicted molar refractivity (Wildman–Crippen MR) is 124 cm³/mol. The zero-order valence-corrected chi connectivity index (χ0v) is 20.1. The van der Waals surface area contributed by atoms with Gasteiger partial charge in [0, 0.05) is 51.3 Å². The summed E-state index contributed by atoms with van der Waals surface area (Å²) in [7, 11) is -3.62. The second-order valence-electron chi connectivity index (χ2n) is 9.68. The summed E-state index contributed by atoms with van der Waals surface area (Å²) in [6, 6.07) is 5.26. The number of benzene rings is 1. The Morgan fingerprint density at radius 2 is 1.61 bits per heavy atom. The van der Waals surface area contributed by atoms with Crippen molar-refractivity contribution >= 4 is 15.9 Å². The predicted octanol–water partition coefficient (Wildman–Crippen LogP) is 2.34. The Kier molecular flexibility index (Phi) is 6.81. The van der Waals surface area contributed by atoms with Gasteiger partial charge in [-0.15, -0.1) is 0 Å². The van der Waals surface area contributed by atoms with Gasteiger partial charge in [0.2, 0.25) is 15.9 Å². The van der Waals surface area contributed by atoms with E-state index in [1.54, 1.807) is 18.2 Å². The first kappa shape index (κ1) is 22.9. The molecule has 5 rings (SSSR count). The van der Waals surface area contributed by atoms with Gasteiger partial charge in [-0.05, 0) is 43.7 Å². The molecule has 1 saturated carbocycles.